The van der Waals surface area contributed by atoms with E-state index in [9.17, 15) is 4.79 Å². The van der Waals surface area contributed by atoms with Crippen LogP contribution < -0.4 is 5.32 Å². The summed E-state index contributed by atoms with van der Waals surface area (Å²) in [7, 11) is 0.0830. The maximum absolute atomic E-state index is 13.1. The Hall–Kier alpha value is -2.24. The maximum Gasteiger partial charge on any atom is 0.270 e. The first-order valence-electron chi connectivity index (χ1n) is 10.0. The van der Waals surface area contributed by atoms with Gasteiger partial charge in [-0.25, -0.2) is 9.97 Å². The van der Waals surface area contributed by atoms with E-state index in [-0.39, 0.29) is 16.4 Å². The number of aromatic nitrogens is 2. The van der Waals surface area contributed by atoms with E-state index in [0.717, 1.165) is 41.1 Å². The second-order valence-corrected chi connectivity index (χ2v) is 9.79. The molecule has 29 heavy (non-hydrogen) atoms. The van der Waals surface area contributed by atoms with E-state index >= 15 is 0 Å². The highest BCUT2D eigenvalue weighted by Gasteiger charge is 2.24. The van der Waals surface area contributed by atoms with Gasteiger partial charge in [0.15, 0.2) is 5.38 Å². The monoisotopic (exact) mass is 426 g/mol. The molecular weight excluding hydrogens is 402 g/mol. The van der Waals surface area contributed by atoms with Crippen LogP contribution in [0.5, 0.6) is 0 Å². The minimum absolute atomic E-state index is 0.0830. The van der Waals surface area contributed by atoms with Crippen molar-refractivity contribution < 1.29 is 4.79 Å². The number of thiazole rings is 1. The van der Waals surface area contributed by atoms with E-state index in [2.05, 4.69) is 28.0 Å². The summed E-state index contributed by atoms with van der Waals surface area (Å²) in [5.41, 5.74) is 3.32. The highest BCUT2D eigenvalue weighted by atomic mass is 35.5. The predicted octanol–water partition coefficient (Wildman–Crippen LogP) is 5.71. The number of amides is 1. The van der Waals surface area contributed by atoms with E-state index in [4.69, 9.17) is 16.6 Å². The van der Waals surface area contributed by atoms with Gasteiger partial charge in [0.05, 0.1) is 18.3 Å². The molecular formula is C23H25ClN3OS+. The minimum atomic E-state index is -0.0988. The van der Waals surface area contributed by atoms with Gasteiger partial charge < -0.3 is 5.32 Å². The molecule has 1 aliphatic rings. The van der Waals surface area contributed by atoms with Crippen molar-refractivity contribution >= 4 is 28.0 Å². The van der Waals surface area contributed by atoms with Crippen LogP contribution in [0.2, 0.25) is 5.02 Å². The van der Waals surface area contributed by atoms with E-state index in [1.807, 2.05) is 36.5 Å². The summed E-state index contributed by atoms with van der Waals surface area (Å²) in [5, 5.41) is 6.97. The van der Waals surface area contributed by atoms with Gasteiger partial charge in [0.2, 0.25) is 5.01 Å². The fourth-order valence-corrected chi connectivity index (χ4v) is 5.23. The lowest BCUT2D eigenvalue weighted by Gasteiger charge is -2.16. The fourth-order valence-electron chi connectivity index (χ4n) is 3.99. The highest BCUT2D eigenvalue weighted by Crippen LogP contribution is 2.36. The number of nitrogens with one attached hydrogen (secondary N) is 1. The number of nitrogens with zero attached hydrogens (tertiary/aromatic N) is 2. The maximum atomic E-state index is 13.1. The first-order valence-corrected chi connectivity index (χ1v) is 12.1. The SMILES string of the molecule is C[s+]1ccnc1CCNC(=O)c1nc(-c2cccc(Cl)c2)ccc1C1CCCC1. The summed E-state index contributed by atoms with van der Waals surface area (Å²) in [6, 6.07) is 11.7. The molecule has 1 saturated carbocycles. The van der Waals surface area contributed by atoms with Crippen molar-refractivity contribution in [2.45, 2.75) is 38.0 Å². The van der Waals surface area contributed by atoms with Crippen LogP contribution in [-0.4, -0.2) is 22.4 Å². The summed E-state index contributed by atoms with van der Waals surface area (Å²) in [5.74, 6) is 0.319. The van der Waals surface area contributed by atoms with E-state index in [0.29, 0.717) is 23.2 Å². The molecule has 1 aliphatic carbocycles. The zero-order valence-electron chi connectivity index (χ0n) is 16.5. The van der Waals surface area contributed by atoms with Crippen molar-refractivity contribution in [2.24, 2.45) is 6.26 Å². The molecule has 4 nitrogen and oxygen atoms in total. The number of rotatable bonds is 6. The molecule has 2 aromatic heterocycles. The average molecular weight is 427 g/mol. The molecule has 0 bridgehead atoms. The molecule has 1 amide bonds. The Labute approximate surface area is 179 Å². The molecule has 6 heteroatoms. The quantitative estimate of drug-likeness (QED) is 0.513. The van der Waals surface area contributed by atoms with Gasteiger partial charge in [0.25, 0.3) is 5.91 Å². The Balaban J connectivity index is 1.58. The molecule has 1 N–H and O–H groups in total. The minimum Gasteiger partial charge on any atom is -0.350 e. The highest BCUT2D eigenvalue weighted by molar-refractivity contribution is 7.27. The van der Waals surface area contributed by atoms with Crippen molar-refractivity contribution in [3.05, 3.63) is 69.3 Å². The molecule has 0 spiro atoms. The molecule has 2 heterocycles. The third-order valence-corrected chi connectivity index (χ3v) is 7.35. The first-order chi connectivity index (χ1) is 14.1. The number of hydrogen-bond acceptors (Lipinski definition) is 3. The number of carbonyl (C=O) groups excluding carboxylic acids is 1. The lowest BCUT2D eigenvalue weighted by Crippen LogP contribution is -2.28. The van der Waals surface area contributed by atoms with Crippen LogP contribution in [-0.2, 0) is 12.7 Å². The van der Waals surface area contributed by atoms with Gasteiger partial charge in [-0.1, -0.05) is 42.6 Å². The molecule has 1 aromatic carbocycles. The van der Waals surface area contributed by atoms with Gasteiger partial charge in [-0.3, -0.25) is 4.79 Å². The van der Waals surface area contributed by atoms with Crippen molar-refractivity contribution in [3.8, 4) is 11.3 Å². The van der Waals surface area contributed by atoms with Gasteiger partial charge in [-0.2, -0.15) is 0 Å². The molecule has 1 atom stereocenters. The van der Waals surface area contributed by atoms with Crippen LogP contribution >= 0.6 is 22.1 Å². The number of benzene rings is 1. The molecule has 0 saturated heterocycles. The van der Waals surface area contributed by atoms with Gasteiger partial charge in [0, 0.05) is 17.1 Å². The summed E-state index contributed by atoms with van der Waals surface area (Å²) in [6.45, 7) is 0.573. The average Bonchev–Trinajstić information content (AvgIpc) is 3.40. The molecule has 1 fully saturated rings. The summed E-state index contributed by atoms with van der Waals surface area (Å²) in [4.78, 5) is 22.3. The lowest BCUT2D eigenvalue weighted by molar-refractivity contribution is 0.0947. The Morgan fingerprint density at radius 2 is 2.07 bits per heavy atom. The van der Waals surface area contributed by atoms with Crippen molar-refractivity contribution in [1.82, 2.24) is 15.3 Å². The van der Waals surface area contributed by atoms with Crippen molar-refractivity contribution in [3.63, 3.8) is 0 Å². The topological polar surface area (TPSA) is 54.9 Å². The van der Waals surface area contributed by atoms with Crippen LogP contribution in [0, 0.1) is 0 Å². The third-order valence-electron chi connectivity index (χ3n) is 5.54. The van der Waals surface area contributed by atoms with Gasteiger partial charge >= 0.3 is 0 Å². The molecule has 4 rings (SSSR count). The summed E-state index contributed by atoms with van der Waals surface area (Å²) >= 11 is 6.15. The van der Waals surface area contributed by atoms with Crippen LogP contribution in [0.3, 0.4) is 0 Å². The zero-order valence-corrected chi connectivity index (χ0v) is 18.1. The molecule has 150 valence electrons. The molecule has 0 radical (unpaired) electrons. The van der Waals surface area contributed by atoms with Crippen LogP contribution in [0.25, 0.3) is 11.3 Å². The number of hydrogen-bond donors (Lipinski definition) is 1. The Morgan fingerprint density at radius 3 is 2.79 bits per heavy atom. The van der Waals surface area contributed by atoms with E-state index < -0.39 is 0 Å². The van der Waals surface area contributed by atoms with Crippen molar-refractivity contribution in [1.29, 1.82) is 0 Å². The van der Waals surface area contributed by atoms with Crippen LogP contribution in [0.1, 0.15) is 52.7 Å². The van der Waals surface area contributed by atoms with Crippen molar-refractivity contribution in [2.75, 3.05) is 6.54 Å². The summed E-state index contributed by atoms with van der Waals surface area (Å²) < 4.78 is 0. The number of pyridine rings is 1. The first kappa shape index (κ1) is 20.0. The summed E-state index contributed by atoms with van der Waals surface area (Å²) in [6.07, 6.45) is 9.46. The van der Waals surface area contributed by atoms with Crippen LogP contribution in [0.15, 0.2) is 48.0 Å². The van der Waals surface area contributed by atoms with E-state index in [1.165, 1.54) is 12.8 Å². The smallest absolute Gasteiger partial charge is 0.270 e. The normalized spacial score (nSPS) is 14.9. The number of carbonyl (C=O) groups is 1. The number of halogens is 1. The fraction of sp³-hybridized carbons (Fsp3) is 0.348. The second-order valence-electron chi connectivity index (χ2n) is 7.50. The number of aryl methyl sites for hydroxylation is 1. The largest absolute Gasteiger partial charge is 0.350 e. The molecule has 1 unspecified atom stereocenters. The second kappa shape index (κ2) is 9.06. The molecule has 0 aliphatic heterocycles. The lowest BCUT2D eigenvalue weighted by atomic mass is 9.94. The Morgan fingerprint density at radius 1 is 1.24 bits per heavy atom. The van der Waals surface area contributed by atoms with Gasteiger partial charge in [-0.15, -0.1) is 0 Å². The van der Waals surface area contributed by atoms with Crippen LogP contribution in [0.4, 0.5) is 0 Å². The predicted molar refractivity (Wildman–Crippen MR) is 120 cm³/mol. The third kappa shape index (κ3) is 4.68. The standard InChI is InChI=1S/C23H24ClN3OS/c1-29-14-13-25-21(29)11-12-26-23(28)22-19(16-5-2-3-6-16)9-10-20(27-22)17-7-4-8-18(24)15-17/h4,7-10,13-16H,2-3,5-6,11-12H2,1H3/p+1. The Bertz CT molecular complexity index is 1010. The van der Waals surface area contributed by atoms with Gasteiger partial charge in [0.1, 0.15) is 11.9 Å². The van der Waals surface area contributed by atoms with E-state index in [1.54, 1.807) is 0 Å². The zero-order chi connectivity index (χ0) is 20.2. The molecule has 3 aromatic rings. The van der Waals surface area contributed by atoms with Gasteiger partial charge in [-0.05, 0) is 53.0 Å². The Kier molecular flexibility index (Phi) is 6.26.